The maximum Gasteiger partial charge on any atom is 0.326 e. The van der Waals surface area contributed by atoms with Gasteiger partial charge in [-0.3, -0.25) is 14.9 Å². The Morgan fingerprint density at radius 1 is 1.43 bits per heavy atom. The van der Waals surface area contributed by atoms with Crippen LogP contribution >= 0.6 is 0 Å². The Hall–Kier alpha value is -2.44. The zero-order valence-electron chi connectivity index (χ0n) is 12.1. The smallest absolute Gasteiger partial charge is 0.326 e. The van der Waals surface area contributed by atoms with Gasteiger partial charge < -0.3 is 10.4 Å². The summed E-state index contributed by atoms with van der Waals surface area (Å²) in [5.41, 5.74) is 0.341. The summed E-state index contributed by atoms with van der Waals surface area (Å²) in [5.74, 6) is -2.00. The zero-order valence-corrected chi connectivity index (χ0v) is 12.1. The van der Waals surface area contributed by atoms with Crippen molar-refractivity contribution in [2.45, 2.75) is 33.2 Å². The Morgan fingerprint density at radius 3 is 2.52 bits per heavy atom. The van der Waals surface area contributed by atoms with E-state index in [1.54, 1.807) is 13.8 Å². The molecule has 0 radical (unpaired) electrons. The van der Waals surface area contributed by atoms with E-state index < -0.39 is 22.8 Å². The van der Waals surface area contributed by atoms with Gasteiger partial charge in [0.15, 0.2) is 0 Å². The van der Waals surface area contributed by atoms with Crippen molar-refractivity contribution in [3.8, 4) is 0 Å². The Bertz CT molecular complexity index is 570. The normalized spacial score (nSPS) is 13.3. The molecule has 0 aliphatic rings. The van der Waals surface area contributed by atoms with Gasteiger partial charge in [-0.1, -0.05) is 26.3 Å². The maximum atomic E-state index is 12.1. The summed E-state index contributed by atoms with van der Waals surface area (Å²) in [6, 6.07) is 3.03. The summed E-state index contributed by atoms with van der Waals surface area (Å²) in [6.07, 6.45) is 0.589. The molecule has 0 aromatic heterocycles. The highest BCUT2D eigenvalue weighted by Crippen LogP contribution is 2.19. The Kier molecular flexibility index (Phi) is 5.40. The molecule has 0 fully saturated rings. The molecule has 0 heterocycles. The van der Waals surface area contributed by atoms with Crippen LogP contribution in [0.2, 0.25) is 0 Å². The van der Waals surface area contributed by atoms with Gasteiger partial charge in [0.25, 0.3) is 11.6 Å². The largest absolute Gasteiger partial charge is 0.480 e. The quantitative estimate of drug-likeness (QED) is 0.617. The SMILES string of the molecule is CC[C@H](C)[C@H](NC(=O)c1ccc(C)c([N+](=O)[O-])c1)C(=O)O. The Balaban J connectivity index is 3.00. The van der Waals surface area contributed by atoms with Gasteiger partial charge in [0, 0.05) is 17.2 Å². The Morgan fingerprint density at radius 2 is 2.05 bits per heavy atom. The molecule has 0 aliphatic heterocycles. The minimum absolute atomic E-state index is 0.0712. The molecule has 2 atom stereocenters. The van der Waals surface area contributed by atoms with Crippen LogP contribution in [0, 0.1) is 23.0 Å². The third-order valence-electron chi connectivity index (χ3n) is 3.43. The van der Waals surface area contributed by atoms with E-state index in [1.807, 2.05) is 6.92 Å². The number of nitro groups is 1. The first kappa shape index (κ1) is 16.6. The number of aryl methyl sites for hydroxylation is 1. The van der Waals surface area contributed by atoms with E-state index >= 15 is 0 Å². The predicted molar refractivity (Wildman–Crippen MR) is 76.2 cm³/mol. The number of carbonyl (C=O) groups is 2. The van der Waals surface area contributed by atoms with Crippen LogP contribution in [0.3, 0.4) is 0 Å². The number of carboxylic acids is 1. The van der Waals surface area contributed by atoms with Crippen molar-refractivity contribution in [1.82, 2.24) is 5.32 Å². The molecule has 7 heteroatoms. The third-order valence-corrected chi connectivity index (χ3v) is 3.43. The first-order chi connectivity index (χ1) is 9.77. The molecule has 2 N–H and O–H groups in total. The fourth-order valence-electron chi connectivity index (χ4n) is 1.85. The fraction of sp³-hybridized carbons (Fsp3) is 0.429. The predicted octanol–water partition coefficient (Wildman–Crippen LogP) is 2.13. The summed E-state index contributed by atoms with van der Waals surface area (Å²) in [6.45, 7) is 5.11. The van der Waals surface area contributed by atoms with Crippen LogP contribution in [0.1, 0.15) is 36.2 Å². The van der Waals surface area contributed by atoms with Gasteiger partial charge in [-0.2, -0.15) is 0 Å². The van der Waals surface area contributed by atoms with E-state index in [1.165, 1.54) is 12.1 Å². The molecule has 1 aromatic rings. The summed E-state index contributed by atoms with van der Waals surface area (Å²) in [5, 5.41) is 22.4. The number of carboxylic acid groups (broad SMARTS) is 1. The van der Waals surface area contributed by atoms with Crippen molar-refractivity contribution in [1.29, 1.82) is 0 Å². The third kappa shape index (κ3) is 4.01. The number of aliphatic carboxylic acids is 1. The summed E-state index contributed by atoms with van der Waals surface area (Å²) in [7, 11) is 0. The van der Waals surface area contributed by atoms with E-state index in [9.17, 15) is 19.7 Å². The van der Waals surface area contributed by atoms with Gasteiger partial charge in [0.05, 0.1) is 4.92 Å². The minimum atomic E-state index is -1.13. The fourth-order valence-corrected chi connectivity index (χ4v) is 1.85. The molecule has 1 aromatic carbocycles. The lowest BCUT2D eigenvalue weighted by molar-refractivity contribution is -0.385. The van der Waals surface area contributed by atoms with Crippen LogP contribution in [0.5, 0.6) is 0 Å². The second-order valence-corrected chi connectivity index (χ2v) is 4.93. The van der Waals surface area contributed by atoms with Gasteiger partial charge in [0.2, 0.25) is 0 Å². The molecule has 0 aliphatic carbocycles. The van der Waals surface area contributed by atoms with Crippen molar-refractivity contribution in [2.75, 3.05) is 0 Å². The average molecular weight is 294 g/mol. The van der Waals surface area contributed by atoms with Gasteiger partial charge in [-0.05, 0) is 18.9 Å². The molecular formula is C14H18N2O5. The van der Waals surface area contributed by atoms with Crippen molar-refractivity contribution in [3.05, 3.63) is 39.4 Å². The molecule has 0 bridgehead atoms. The Labute approximate surface area is 122 Å². The van der Waals surface area contributed by atoms with E-state index in [0.717, 1.165) is 6.07 Å². The zero-order chi connectivity index (χ0) is 16.2. The summed E-state index contributed by atoms with van der Waals surface area (Å²) in [4.78, 5) is 33.5. The number of benzene rings is 1. The molecule has 0 unspecified atom stereocenters. The lowest BCUT2D eigenvalue weighted by Crippen LogP contribution is -2.45. The minimum Gasteiger partial charge on any atom is -0.480 e. The molecular weight excluding hydrogens is 276 g/mol. The van der Waals surface area contributed by atoms with Gasteiger partial charge in [-0.15, -0.1) is 0 Å². The number of nitrogens with one attached hydrogen (secondary N) is 1. The number of nitrogens with zero attached hydrogens (tertiary/aromatic N) is 1. The molecule has 0 saturated heterocycles. The van der Waals surface area contributed by atoms with Crippen molar-refractivity contribution < 1.29 is 19.6 Å². The standard InChI is InChI=1S/C14H18N2O5/c1-4-8(2)12(14(18)19)15-13(17)10-6-5-9(3)11(7-10)16(20)21/h5-8,12H,4H2,1-3H3,(H,15,17)(H,18,19)/t8-,12-/m0/s1. The number of nitro benzene ring substituents is 1. The molecule has 0 saturated carbocycles. The second kappa shape index (κ2) is 6.83. The highest BCUT2D eigenvalue weighted by Gasteiger charge is 2.26. The highest BCUT2D eigenvalue weighted by molar-refractivity contribution is 5.97. The number of carbonyl (C=O) groups excluding carboxylic acids is 1. The van der Waals surface area contributed by atoms with E-state index in [0.29, 0.717) is 12.0 Å². The molecule has 21 heavy (non-hydrogen) atoms. The topological polar surface area (TPSA) is 110 Å². The van der Waals surface area contributed by atoms with Crippen LogP contribution < -0.4 is 5.32 Å². The molecule has 1 rings (SSSR count). The van der Waals surface area contributed by atoms with E-state index in [4.69, 9.17) is 5.11 Å². The van der Waals surface area contributed by atoms with Crippen LogP contribution in [0.15, 0.2) is 18.2 Å². The summed E-state index contributed by atoms with van der Waals surface area (Å²) >= 11 is 0. The van der Waals surface area contributed by atoms with Crippen LogP contribution in [-0.2, 0) is 4.79 Å². The van der Waals surface area contributed by atoms with Gasteiger partial charge in [-0.25, -0.2) is 4.79 Å². The maximum absolute atomic E-state index is 12.1. The van der Waals surface area contributed by atoms with Crippen LogP contribution in [-0.4, -0.2) is 27.9 Å². The number of amides is 1. The molecule has 114 valence electrons. The van der Waals surface area contributed by atoms with Gasteiger partial charge in [0.1, 0.15) is 6.04 Å². The van der Waals surface area contributed by atoms with Crippen molar-refractivity contribution in [3.63, 3.8) is 0 Å². The first-order valence-corrected chi connectivity index (χ1v) is 6.56. The first-order valence-electron chi connectivity index (χ1n) is 6.56. The van der Waals surface area contributed by atoms with Gasteiger partial charge >= 0.3 is 5.97 Å². The number of hydrogen-bond donors (Lipinski definition) is 2. The van der Waals surface area contributed by atoms with E-state index in [2.05, 4.69) is 5.32 Å². The molecule has 1 amide bonds. The van der Waals surface area contributed by atoms with Crippen molar-refractivity contribution >= 4 is 17.6 Å². The summed E-state index contributed by atoms with van der Waals surface area (Å²) < 4.78 is 0. The second-order valence-electron chi connectivity index (χ2n) is 4.93. The number of hydrogen-bond acceptors (Lipinski definition) is 4. The monoisotopic (exact) mass is 294 g/mol. The lowest BCUT2D eigenvalue weighted by Gasteiger charge is -2.20. The molecule has 7 nitrogen and oxygen atoms in total. The van der Waals surface area contributed by atoms with Crippen LogP contribution in [0.25, 0.3) is 0 Å². The van der Waals surface area contributed by atoms with Crippen LogP contribution in [0.4, 0.5) is 5.69 Å². The average Bonchev–Trinajstić information content (AvgIpc) is 2.43. The molecule has 0 spiro atoms. The number of rotatable bonds is 6. The van der Waals surface area contributed by atoms with E-state index in [-0.39, 0.29) is 17.2 Å². The lowest BCUT2D eigenvalue weighted by atomic mass is 9.98. The highest BCUT2D eigenvalue weighted by atomic mass is 16.6. The van der Waals surface area contributed by atoms with Crippen molar-refractivity contribution in [2.24, 2.45) is 5.92 Å².